The summed E-state index contributed by atoms with van der Waals surface area (Å²) in [5, 5.41) is 12.5. The number of hydrogen-bond acceptors (Lipinski definition) is 7. The summed E-state index contributed by atoms with van der Waals surface area (Å²) in [5.74, 6) is 0.0910. The lowest BCUT2D eigenvalue weighted by atomic mass is 9.91. The number of amides is 2. The average Bonchev–Trinajstić information content (AvgIpc) is 3.10. The molecule has 1 saturated heterocycles. The lowest BCUT2D eigenvalue weighted by Gasteiger charge is -2.37. The number of phenolic OH excluding ortho intramolecular Hbond substituents is 1. The molecule has 9 nitrogen and oxygen atoms in total. The van der Waals surface area contributed by atoms with E-state index < -0.39 is 11.2 Å². The number of carbonyl (C=O) groups excluding carboxylic acids is 2. The molecule has 0 unspecified atom stereocenters. The molecular weight excluding hydrogens is 390 g/mol. The summed E-state index contributed by atoms with van der Waals surface area (Å²) in [6, 6.07) is 4.89. The van der Waals surface area contributed by atoms with E-state index in [-0.39, 0.29) is 24.3 Å². The van der Waals surface area contributed by atoms with E-state index in [0.29, 0.717) is 37.4 Å². The van der Waals surface area contributed by atoms with Crippen molar-refractivity contribution in [2.24, 2.45) is 0 Å². The number of hydroxylamine groups is 1. The minimum Gasteiger partial charge on any atom is -0.504 e. The molecule has 2 amide bonds. The van der Waals surface area contributed by atoms with Gasteiger partial charge in [0.15, 0.2) is 11.5 Å². The van der Waals surface area contributed by atoms with Gasteiger partial charge in [0, 0.05) is 32.5 Å². The Hall–Kier alpha value is -2.94. The van der Waals surface area contributed by atoms with Gasteiger partial charge in [-0.15, -0.1) is 0 Å². The zero-order valence-electron chi connectivity index (χ0n) is 17.8. The summed E-state index contributed by atoms with van der Waals surface area (Å²) in [4.78, 5) is 32.1. The van der Waals surface area contributed by atoms with Crippen LogP contribution in [0.4, 0.5) is 4.79 Å². The van der Waals surface area contributed by atoms with Crippen molar-refractivity contribution in [3.8, 4) is 11.5 Å². The second-order valence-corrected chi connectivity index (χ2v) is 8.48. The Labute approximate surface area is 175 Å². The number of hydrogen-bond donors (Lipinski definition) is 3. The molecule has 3 N–H and O–H groups in total. The van der Waals surface area contributed by atoms with Crippen molar-refractivity contribution in [1.82, 2.24) is 15.7 Å². The van der Waals surface area contributed by atoms with Gasteiger partial charge in [-0.2, -0.15) is 0 Å². The van der Waals surface area contributed by atoms with Crippen LogP contribution in [0, 0.1) is 0 Å². The summed E-state index contributed by atoms with van der Waals surface area (Å²) in [6.07, 6.45) is 2.57. The van der Waals surface area contributed by atoms with Crippen LogP contribution in [-0.2, 0) is 20.9 Å². The highest BCUT2D eigenvalue weighted by Gasteiger charge is 2.41. The first kappa shape index (κ1) is 21.8. The topological polar surface area (TPSA) is 109 Å². The van der Waals surface area contributed by atoms with Crippen LogP contribution < -0.4 is 15.5 Å². The third-order valence-electron chi connectivity index (χ3n) is 4.97. The zero-order valence-corrected chi connectivity index (χ0v) is 17.8. The van der Waals surface area contributed by atoms with Crippen molar-refractivity contribution in [1.29, 1.82) is 0 Å². The van der Waals surface area contributed by atoms with Crippen molar-refractivity contribution >= 4 is 12.0 Å². The lowest BCUT2D eigenvalue weighted by Crippen LogP contribution is -2.48. The summed E-state index contributed by atoms with van der Waals surface area (Å²) >= 11 is 0. The van der Waals surface area contributed by atoms with Gasteiger partial charge in [0.25, 0.3) is 5.91 Å². The molecule has 1 fully saturated rings. The Morgan fingerprint density at radius 2 is 2.00 bits per heavy atom. The lowest BCUT2D eigenvalue weighted by molar-refractivity contribution is -0.120. The molecule has 1 aromatic carbocycles. The number of ether oxygens (including phenoxy) is 2. The van der Waals surface area contributed by atoms with E-state index in [1.807, 2.05) is 20.8 Å². The Balaban J connectivity index is 1.54. The minimum atomic E-state index is -0.618. The van der Waals surface area contributed by atoms with Gasteiger partial charge in [-0.1, -0.05) is 6.07 Å². The summed E-state index contributed by atoms with van der Waals surface area (Å²) < 4.78 is 10.5. The Morgan fingerprint density at radius 1 is 1.30 bits per heavy atom. The number of aromatic hydroxyl groups is 1. The van der Waals surface area contributed by atoms with Gasteiger partial charge in [0.05, 0.1) is 7.11 Å². The fraction of sp³-hybridized carbons (Fsp3) is 0.524. The van der Waals surface area contributed by atoms with Gasteiger partial charge >= 0.3 is 6.09 Å². The molecule has 30 heavy (non-hydrogen) atoms. The molecule has 0 aromatic heterocycles. The summed E-state index contributed by atoms with van der Waals surface area (Å²) in [5.41, 5.74) is 2.69. The van der Waals surface area contributed by atoms with Crippen molar-refractivity contribution in [3.63, 3.8) is 0 Å². The Bertz CT molecular complexity index is 838. The highest BCUT2D eigenvalue weighted by atomic mass is 16.7. The summed E-state index contributed by atoms with van der Waals surface area (Å²) in [6.45, 7) is 6.74. The highest BCUT2D eigenvalue weighted by Crippen LogP contribution is 2.32. The Morgan fingerprint density at radius 3 is 2.63 bits per heavy atom. The van der Waals surface area contributed by atoms with Crippen LogP contribution in [0.5, 0.6) is 11.5 Å². The normalized spacial score (nSPS) is 17.9. The maximum absolute atomic E-state index is 12.5. The molecule has 0 radical (unpaired) electrons. The second-order valence-electron chi connectivity index (χ2n) is 8.48. The largest absolute Gasteiger partial charge is 0.504 e. The SMILES string of the molecule is COc1cc(CNC(=O)C2=CC3(CCN(C(=O)OC(C)(C)C)CC3)ON2)ccc1O. The molecule has 1 aromatic rings. The molecule has 2 aliphatic rings. The van der Waals surface area contributed by atoms with Crippen LogP contribution in [0.25, 0.3) is 0 Å². The quantitative estimate of drug-likeness (QED) is 0.686. The monoisotopic (exact) mass is 419 g/mol. The van der Waals surface area contributed by atoms with E-state index in [4.69, 9.17) is 14.3 Å². The van der Waals surface area contributed by atoms with Gasteiger partial charge in [0.2, 0.25) is 0 Å². The van der Waals surface area contributed by atoms with Crippen LogP contribution in [0.3, 0.4) is 0 Å². The molecule has 3 rings (SSSR count). The molecule has 0 saturated carbocycles. The van der Waals surface area contributed by atoms with Gasteiger partial charge in [-0.25, -0.2) is 4.79 Å². The molecule has 2 heterocycles. The fourth-order valence-corrected chi connectivity index (χ4v) is 3.34. The van der Waals surface area contributed by atoms with Gasteiger partial charge in [-0.05, 0) is 44.5 Å². The van der Waals surface area contributed by atoms with E-state index in [9.17, 15) is 14.7 Å². The molecule has 164 valence electrons. The van der Waals surface area contributed by atoms with E-state index in [1.165, 1.54) is 13.2 Å². The van der Waals surface area contributed by atoms with Crippen LogP contribution in [0.2, 0.25) is 0 Å². The third kappa shape index (κ3) is 5.15. The number of piperidine rings is 1. The van der Waals surface area contributed by atoms with Crippen molar-refractivity contribution < 1.29 is 29.0 Å². The van der Waals surface area contributed by atoms with Gasteiger partial charge in [0.1, 0.15) is 16.9 Å². The van der Waals surface area contributed by atoms with Gasteiger partial charge < -0.3 is 24.8 Å². The number of likely N-dealkylation sites (tertiary alicyclic amines) is 1. The number of benzene rings is 1. The molecule has 0 bridgehead atoms. The van der Waals surface area contributed by atoms with Crippen molar-refractivity contribution in [2.75, 3.05) is 20.2 Å². The smallest absolute Gasteiger partial charge is 0.410 e. The van der Waals surface area contributed by atoms with Crippen LogP contribution in [-0.4, -0.2) is 53.4 Å². The van der Waals surface area contributed by atoms with Crippen LogP contribution in [0.1, 0.15) is 39.2 Å². The first-order chi connectivity index (χ1) is 14.1. The predicted octanol–water partition coefficient (Wildman–Crippen LogP) is 2.21. The highest BCUT2D eigenvalue weighted by molar-refractivity contribution is 5.93. The van der Waals surface area contributed by atoms with Gasteiger partial charge in [-0.3, -0.25) is 15.1 Å². The first-order valence-corrected chi connectivity index (χ1v) is 9.90. The number of nitrogens with one attached hydrogen (secondary N) is 2. The number of nitrogens with zero attached hydrogens (tertiary/aromatic N) is 1. The van der Waals surface area contributed by atoms with Crippen molar-refractivity contribution in [2.45, 2.75) is 51.4 Å². The number of phenols is 1. The predicted molar refractivity (Wildman–Crippen MR) is 109 cm³/mol. The minimum absolute atomic E-state index is 0.0424. The molecule has 0 aliphatic carbocycles. The number of carbonyl (C=O) groups is 2. The average molecular weight is 419 g/mol. The maximum atomic E-state index is 12.5. The molecule has 0 atom stereocenters. The van der Waals surface area contributed by atoms with Crippen LogP contribution >= 0.6 is 0 Å². The van der Waals surface area contributed by atoms with E-state index in [1.54, 1.807) is 23.1 Å². The third-order valence-corrected chi connectivity index (χ3v) is 4.97. The van der Waals surface area contributed by atoms with Crippen LogP contribution in [0.15, 0.2) is 30.0 Å². The number of rotatable bonds is 4. The number of methoxy groups -OCH3 is 1. The van der Waals surface area contributed by atoms with E-state index >= 15 is 0 Å². The molecular formula is C21H29N3O6. The second kappa shape index (κ2) is 8.43. The fourth-order valence-electron chi connectivity index (χ4n) is 3.34. The summed E-state index contributed by atoms with van der Waals surface area (Å²) in [7, 11) is 1.47. The van der Waals surface area contributed by atoms with E-state index in [2.05, 4.69) is 10.8 Å². The maximum Gasteiger partial charge on any atom is 0.410 e. The Kier molecular flexibility index (Phi) is 6.12. The zero-order chi connectivity index (χ0) is 21.9. The molecule has 1 spiro atoms. The molecule has 9 heteroatoms. The standard InChI is InChI=1S/C21H29N3O6/c1-20(2,3)29-19(27)24-9-7-21(8-10-24)12-15(23-30-21)18(26)22-13-14-5-6-16(25)17(11-14)28-4/h5-6,11-12,23,25H,7-10,13H2,1-4H3,(H,22,26). The van der Waals surface area contributed by atoms with E-state index in [0.717, 1.165) is 5.56 Å². The van der Waals surface area contributed by atoms with Crippen molar-refractivity contribution in [3.05, 3.63) is 35.5 Å². The molecule has 2 aliphatic heterocycles. The first-order valence-electron chi connectivity index (χ1n) is 9.90.